The Hall–Kier alpha value is -2.01. The number of phenolic OH excluding ortho intramolecular Hbond substituents is 1. The molecular formula is C24H34N2O2S. The Morgan fingerprint density at radius 3 is 2.21 bits per heavy atom. The second-order valence-corrected chi connectivity index (χ2v) is 10.6. The van der Waals surface area contributed by atoms with Crippen LogP contribution in [-0.4, -0.2) is 27.5 Å². The minimum Gasteiger partial charge on any atom is -0.507 e. The third-order valence-electron chi connectivity index (χ3n) is 4.71. The van der Waals surface area contributed by atoms with Gasteiger partial charge in [-0.2, -0.15) is 11.8 Å². The zero-order chi connectivity index (χ0) is 21.7. The van der Waals surface area contributed by atoms with Crippen molar-refractivity contribution in [3.8, 4) is 5.75 Å². The van der Waals surface area contributed by atoms with E-state index in [9.17, 15) is 9.90 Å². The van der Waals surface area contributed by atoms with E-state index in [1.165, 1.54) is 5.56 Å². The lowest BCUT2D eigenvalue weighted by molar-refractivity contribution is -0.113. The van der Waals surface area contributed by atoms with Gasteiger partial charge in [-0.05, 0) is 58.2 Å². The first kappa shape index (κ1) is 23.3. The fourth-order valence-corrected chi connectivity index (χ4v) is 3.89. The van der Waals surface area contributed by atoms with Crippen molar-refractivity contribution in [1.29, 1.82) is 0 Å². The third kappa shape index (κ3) is 7.07. The fourth-order valence-electron chi connectivity index (χ4n) is 3.14. The summed E-state index contributed by atoms with van der Waals surface area (Å²) in [6, 6.07) is 9.74. The van der Waals surface area contributed by atoms with Gasteiger partial charge in [0.25, 0.3) is 0 Å². The van der Waals surface area contributed by atoms with Crippen molar-refractivity contribution >= 4 is 23.5 Å². The Bertz CT molecular complexity index is 786. The first-order valence-electron chi connectivity index (χ1n) is 10.1. The first-order chi connectivity index (χ1) is 13.5. The van der Waals surface area contributed by atoms with E-state index in [1.807, 2.05) is 12.1 Å². The van der Waals surface area contributed by atoms with E-state index in [0.717, 1.165) is 29.7 Å². The molecule has 0 saturated heterocycles. The Morgan fingerprint density at radius 1 is 1.07 bits per heavy atom. The van der Waals surface area contributed by atoms with Crippen LogP contribution in [-0.2, 0) is 22.0 Å². The maximum atomic E-state index is 12.0. The largest absolute Gasteiger partial charge is 0.507 e. The number of aryl methyl sites for hydroxylation is 1. The van der Waals surface area contributed by atoms with E-state index in [2.05, 4.69) is 64.0 Å². The summed E-state index contributed by atoms with van der Waals surface area (Å²) in [7, 11) is 0. The number of thioether (sulfide) groups is 1. The van der Waals surface area contributed by atoms with Gasteiger partial charge in [0.05, 0.1) is 5.75 Å². The monoisotopic (exact) mass is 414 g/mol. The van der Waals surface area contributed by atoms with Crippen molar-refractivity contribution in [2.24, 2.45) is 0 Å². The van der Waals surface area contributed by atoms with Gasteiger partial charge >= 0.3 is 0 Å². The van der Waals surface area contributed by atoms with Crippen LogP contribution in [0, 0.1) is 0 Å². The van der Waals surface area contributed by atoms with Crippen LogP contribution in [0.15, 0.2) is 36.5 Å². The van der Waals surface area contributed by atoms with E-state index < -0.39 is 0 Å². The molecule has 2 aromatic rings. The zero-order valence-electron chi connectivity index (χ0n) is 18.5. The summed E-state index contributed by atoms with van der Waals surface area (Å²) < 4.78 is 0. The van der Waals surface area contributed by atoms with Gasteiger partial charge in [-0.1, -0.05) is 59.7 Å². The smallest absolute Gasteiger partial charge is 0.235 e. The molecule has 1 heterocycles. The topological polar surface area (TPSA) is 62.2 Å². The summed E-state index contributed by atoms with van der Waals surface area (Å²) in [5.41, 5.74) is 3.03. The number of amides is 1. The molecule has 0 radical (unpaired) electrons. The number of aromatic nitrogens is 1. The number of hydrogen-bond donors (Lipinski definition) is 2. The third-order valence-corrected chi connectivity index (χ3v) is 5.75. The van der Waals surface area contributed by atoms with Gasteiger partial charge in [-0.25, -0.2) is 4.98 Å². The molecule has 1 amide bonds. The number of pyridine rings is 1. The maximum Gasteiger partial charge on any atom is 0.235 e. The highest BCUT2D eigenvalue weighted by Crippen LogP contribution is 2.40. The second kappa shape index (κ2) is 9.66. The Balaban J connectivity index is 1.92. The fraction of sp³-hybridized carbons (Fsp3) is 0.500. The summed E-state index contributed by atoms with van der Waals surface area (Å²) >= 11 is 1.63. The molecule has 2 rings (SSSR count). The molecule has 2 N–H and O–H groups in total. The quantitative estimate of drug-likeness (QED) is 0.572. The molecule has 0 unspecified atom stereocenters. The minimum absolute atomic E-state index is 0.0247. The van der Waals surface area contributed by atoms with Crippen LogP contribution in [0.25, 0.3) is 0 Å². The van der Waals surface area contributed by atoms with E-state index in [0.29, 0.717) is 17.3 Å². The lowest BCUT2D eigenvalue weighted by atomic mass is 9.78. The van der Waals surface area contributed by atoms with Crippen LogP contribution in [0.1, 0.15) is 64.7 Å². The predicted octanol–water partition coefficient (Wildman–Crippen LogP) is 5.69. The van der Waals surface area contributed by atoms with Gasteiger partial charge in [0.2, 0.25) is 5.91 Å². The molecule has 5 heteroatoms. The minimum atomic E-state index is -0.113. The molecule has 4 nitrogen and oxygen atoms in total. The van der Waals surface area contributed by atoms with Gasteiger partial charge in [0.1, 0.15) is 11.6 Å². The summed E-state index contributed by atoms with van der Waals surface area (Å²) in [6.45, 7) is 12.8. The summed E-state index contributed by atoms with van der Waals surface area (Å²) in [5, 5.41) is 13.6. The normalized spacial score (nSPS) is 12.1. The number of aromatic hydroxyl groups is 1. The van der Waals surface area contributed by atoms with E-state index >= 15 is 0 Å². The number of benzene rings is 1. The molecule has 0 atom stereocenters. The first-order valence-corrected chi connectivity index (χ1v) is 11.3. The van der Waals surface area contributed by atoms with Gasteiger partial charge in [0.15, 0.2) is 0 Å². The highest BCUT2D eigenvalue weighted by Gasteiger charge is 2.26. The highest BCUT2D eigenvalue weighted by molar-refractivity contribution is 7.99. The lowest BCUT2D eigenvalue weighted by Gasteiger charge is -2.28. The van der Waals surface area contributed by atoms with Crippen LogP contribution in [0.2, 0.25) is 0 Å². The molecule has 158 valence electrons. The summed E-state index contributed by atoms with van der Waals surface area (Å²) in [6.07, 6.45) is 3.58. The molecule has 0 spiro atoms. The molecule has 0 saturated carbocycles. The second-order valence-electron chi connectivity index (χ2n) is 9.46. The van der Waals surface area contributed by atoms with Crippen molar-refractivity contribution in [3.05, 3.63) is 53.2 Å². The Kier molecular flexibility index (Phi) is 7.75. The predicted molar refractivity (Wildman–Crippen MR) is 124 cm³/mol. The molecule has 0 aliphatic heterocycles. The van der Waals surface area contributed by atoms with Crippen LogP contribution in [0.5, 0.6) is 5.75 Å². The summed E-state index contributed by atoms with van der Waals surface area (Å²) in [5.74, 6) is 2.32. The zero-order valence-corrected chi connectivity index (χ0v) is 19.3. The molecule has 1 aromatic heterocycles. The van der Waals surface area contributed by atoms with Gasteiger partial charge in [-0.15, -0.1) is 0 Å². The molecule has 0 bridgehead atoms. The van der Waals surface area contributed by atoms with Crippen LogP contribution >= 0.6 is 11.8 Å². The highest BCUT2D eigenvalue weighted by atomic mass is 32.2. The lowest BCUT2D eigenvalue weighted by Crippen LogP contribution is -2.18. The molecule has 0 fully saturated rings. The van der Waals surface area contributed by atoms with Crippen molar-refractivity contribution in [3.63, 3.8) is 0 Å². The number of hydrogen-bond acceptors (Lipinski definition) is 4. The van der Waals surface area contributed by atoms with Gasteiger partial charge in [-0.3, -0.25) is 4.79 Å². The van der Waals surface area contributed by atoms with Crippen molar-refractivity contribution < 1.29 is 9.90 Å². The van der Waals surface area contributed by atoms with Gasteiger partial charge < -0.3 is 10.4 Å². The number of rotatable bonds is 7. The van der Waals surface area contributed by atoms with Crippen molar-refractivity contribution in [1.82, 2.24) is 4.98 Å². The molecule has 1 aromatic carbocycles. The Labute approximate surface area is 179 Å². The molecular weight excluding hydrogens is 380 g/mol. The number of anilines is 1. The molecule has 0 aliphatic rings. The van der Waals surface area contributed by atoms with Crippen molar-refractivity contribution in [2.45, 2.75) is 65.2 Å². The number of phenols is 1. The van der Waals surface area contributed by atoms with Gasteiger partial charge in [0, 0.05) is 6.20 Å². The van der Waals surface area contributed by atoms with Crippen molar-refractivity contribution in [2.75, 3.05) is 16.8 Å². The van der Waals surface area contributed by atoms with Crippen LogP contribution in [0.4, 0.5) is 5.82 Å². The molecule has 29 heavy (non-hydrogen) atoms. The van der Waals surface area contributed by atoms with E-state index in [1.54, 1.807) is 24.0 Å². The number of nitrogens with one attached hydrogen (secondary N) is 1. The van der Waals surface area contributed by atoms with E-state index in [4.69, 9.17) is 0 Å². The average Bonchev–Trinajstić information content (AvgIpc) is 2.61. The summed E-state index contributed by atoms with van der Waals surface area (Å²) in [4.78, 5) is 16.1. The molecule has 0 aliphatic carbocycles. The standard InChI is InChI=1S/C24H34N2O2S/c1-23(2,3)18-14-17(15-19(22(18)28)24(4,5)6)10-9-13-29-16-21(27)26-20-11-7-8-12-25-20/h7-8,11-12,14-15,28H,9-10,13,16H2,1-6H3,(H,25,26,27). The number of carbonyl (C=O) groups excluding carboxylic acids is 1. The number of carbonyl (C=O) groups is 1. The maximum absolute atomic E-state index is 12.0. The Morgan fingerprint density at radius 2 is 1.69 bits per heavy atom. The van der Waals surface area contributed by atoms with Crippen LogP contribution in [0.3, 0.4) is 0 Å². The van der Waals surface area contributed by atoms with E-state index in [-0.39, 0.29) is 16.7 Å². The SMILES string of the molecule is CC(C)(C)c1cc(CCCSCC(=O)Nc2ccccn2)cc(C(C)(C)C)c1O. The van der Waals surface area contributed by atoms with Crippen LogP contribution < -0.4 is 5.32 Å². The number of nitrogens with zero attached hydrogens (tertiary/aromatic N) is 1. The average molecular weight is 415 g/mol.